The highest BCUT2D eigenvalue weighted by Crippen LogP contribution is 2.40. The smallest absolute Gasteiger partial charge is 0.123 e. The molecule has 0 aliphatic rings. The summed E-state index contributed by atoms with van der Waals surface area (Å²) < 4.78 is 0. The number of para-hydroxylation sites is 1. The van der Waals surface area contributed by atoms with Crippen molar-refractivity contribution in [2.75, 3.05) is 11.9 Å². The highest BCUT2D eigenvalue weighted by Gasteiger charge is 2.26. The van der Waals surface area contributed by atoms with Gasteiger partial charge in [-0.15, -0.1) is 0 Å². The van der Waals surface area contributed by atoms with E-state index in [-0.39, 0.29) is 10.8 Å². The first kappa shape index (κ1) is 18.4. The molecule has 0 unspecified atom stereocenters. The molecule has 0 aromatic heterocycles. The van der Waals surface area contributed by atoms with Crippen LogP contribution in [0.25, 0.3) is 0 Å². The van der Waals surface area contributed by atoms with Crippen molar-refractivity contribution in [3.8, 4) is 5.75 Å². The third kappa shape index (κ3) is 4.11. The standard InChI is InChI=1S/C22H31NO/c1-21(2,3)18-13-16(14-19(20(18)24)22(4,5)6)15-23(7)17-11-9-8-10-12-17/h8-14,24H,15H2,1-7H3. The summed E-state index contributed by atoms with van der Waals surface area (Å²) in [7, 11) is 2.11. The average Bonchev–Trinajstić information content (AvgIpc) is 2.47. The largest absolute Gasteiger partial charge is 0.507 e. The van der Waals surface area contributed by atoms with Crippen LogP contribution in [0.5, 0.6) is 5.75 Å². The van der Waals surface area contributed by atoms with Crippen LogP contribution in [0.3, 0.4) is 0 Å². The van der Waals surface area contributed by atoms with Gasteiger partial charge >= 0.3 is 0 Å². The Morgan fingerprint density at radius 3 is 1.71 bits per heavy atom. The van der Waals surface area contributed by atoms with Gasteiger partial charge in [0.1, 0.15) is 5.75 Å². The maximum atomic E-state index is 10.8. The molecule has 0 radical (unpaired) electrons. The van der Waals surface area contributed by atoms with Gasteiger partial charge in [0, 0.05) is 19.3 Å². The molecule has 1 N–H and O–H groups in total. The van der Waals surface area contributed by atoms with Crippen LogP contribution in [0.15, 0.2) is 42.5 Å². The van der Waals surface area contributed by atoms with E-state index in [1.165, 1.54) is 11.3 Å². The number of benzene rings is 2. The Bertz CT molecular complexity index is 655. The Kier molecular flexibility index (Phi) is 4.98. The van der Waals surface area contributed by atoms with Gasteiger partial charge in [0.2, 0.25) is 0 Å². The van der Waals surface area contributed by atoms with Crippen molar-refractivity contribution in [2.24, 2.45) is 0 Å². The van der Waals surface area contributed by atoms with Gasteiger partial charge < -0.3 is 10.0 Å². The minimum atomic E-state index is -0.0919. The Labute approximate surface area is 147 Å². The van der Waals surface area contributed by atoms with Crippen molar-refractivity contribution in [2.45, 2.75) is 58.9 Å². The number of anilines is 1. The number of rotatable bonds is 3. The molecule has 130 valence electrons. The van der Waals surface area contributed by atoms with E-state index >= 15 is 0 Å². The molecule has 0 amide bonds. The minimum absolute atomic E-state index is 0.0919. The molecule has 2 nitrogen and oxygen atoms in total. The lowest BCUT2D eigenvalue weighted by atomic mass is 9.78. The molecular formula is C22H31NO. The summed E-state index contributed by atoms with van der Waals surface area (Å²) in [5, 5.41) is 10.8. The van der Waals surface area contributed by atoms with Gasteiger partial charge in [0.05, 0.1) is 0 Å². The molecule has 0 aliphatic carbocycles. The van der Waals surface area contributed by atoms with Gasteiger partial charge in [-0.2, -0.15) is 0 Å². The number of hydrogen-bond donors (Lipinski definition) is 1. The van der Waals surface area contributed by atoms with Gasteiger partial charge in [0.15, 0.2) is 0 Å². The number of phenolic OH excluding ortho intramolecular Hbond substituents is 1. The summed E-state index contributed by atoms with van der Waals surface area (Å²) in [6.45, 7) is 13.7. The molecule has 0 bridgehead atoms. The van der Waals surface area contributed by atoms with E-state index in [0.29, 0.717) is 5.75 Å². The summed E-state index contributed by atoms with van der Waals surface area (Å²) in [5.41, 5.74) is 4.28. The van der Waals surface area contributed by atoms with Crippen LogP contribution < -0.4 is 4.90 Å². The van der Waals surface area contributed by atoms with Gasteiger partial charge in [-0.1, -0.05) is 59.7 Å². The summed E-state index contributed by atoms with van der Waals surface area (Å²) in [4.78, 5) is 2.24. The molecule has 0 aliphatic heterocycles. The third-order valence-electron chi connectivity index (χ3n) is 4.40. The molecule has 2 rings (SSSR count). The van der Waals surface area contributed by atoms with Crippen LogP contribution in [0, 0.1) is 0 Å². The minimum Gasteiger partial charge on any atom is -0.507 e. The van der Waals surface area contributed by atoms with Crippen LogP contribution in [0.2, 0.25) is 0 Å². The molecule has 24 heavy (non-hydrogen) atoms. The van der Waals surface area contributed by atoms with Gasteiger partial charge in [-0.3, -0.25) is 0 Å². The van der Waals surface area contributed by atoms with E-state index in [9.17, 15) is 5.11 Å². The van der Waals surface area contributed by atoms with E-state index in [4.69, 9.17) is 0 Å². The normalized spacial score (nSPS) is 12.3. The Morgan fingerprint density at radius 1 is 0.833 bits per heavy atom. The van der Waals surface area contributed by atoms with Crippen LogP contribution >= 0.6 is 0 Å². The van der Waals surface area contributed by atoms with E-state index < -0.39 is 0 Å². The van der Waals surface area contributed by atoms with Crippen molar-refractivity contribution in [3.05, 3.63) is 59.2 Å². The monoisotopic (exact) mass is 325 g/mol. The topological polar surface area (TPSA) is 23.5 Å². The first-order valence-electron chi connectivity index (χ1n) is 8.63. The number of phenols is 1. The molecule has 0 saturated heterocycles. The average molecular weight is 325 g/mol. The second kappa shape index (κ2) is 6.51. The van der Waals surface area contributed by atoms with E-state index in [1.54, 1.807) is 0 Å². The summed E-state index contributed by atoms with van der Waals surface area (Å²) in [6.07, 6.45) is 0. The van der Waals surface area contributed by atoms with Gasteiger partial charge in [-0.05, 0) is 51.8 Å². The second-order valence-electron chi connectivity index (χ2n) is 8.73. The zero-order chi connectivity index (χ0) is 18.1. The van der Waals surface area contributed by atoms with Gasteiger partial charge in [-0.25, -0.2) is 0 Å². The fourth-order valence-corrected chi connectivity index (χ4v) is 2.98. The number of aromatic hydroxyl groups is 1. The lowest BCUT2D eigenvalue weighted by Crippen LogP contribution is -2.21. The summed E-state index contributed by atoms with van der Waals surface area (Å²) >= 11 is 0. The molecule has 0 atom stereocenters. The van der Waals surface area contributed by atoms with Crippen molar-refractivity contribution in [3.63, 3.8) is 0 Å². The quantitative estimate of drug-likeness (QED) is 0.791. The SMILES string of the molecule is CN(Cc1cc(C(C)(C)C)c(O)c(C(C)(C)C)c1)c1ccccc1. The third-order valence-corrected chi connectivity index (χ3v) is 4.40. The Morgan fingerprint density at radius 2 is 1.29 bits per heavy atom. The fourth-order valence-electron chi connectivity index (χ4n) is 2.98. The summed E-state index contributed by atoms with van der Waals surface area (Å²) in [5.74, 6) is 0.445. The highest BCUT2D eigenvalue weighted by atomic mass is 16.3. The Hall–Kier alpha value is -1.96. The molecule has 2 aromatic carbocycles. The van der Waals surface area contributed by atoms with Crippen molar-refractivity contribution in [1.82, 2.24) is 0 Å². The van der Waals surface area contributed by atoms with Crippen molar-refractivity contribution >= 4 is 5.69 Å². The van der Waals surface area contributed by atoms with Crippen LogP contribution in [-0.2, 0) is 17.4 Å². The summed E-state index contributed by atoms with van der Waals surface area (Å²) in [6, 6.07) is 14.7. The van der Waals surface area contributed by atoms with Crippen LogP contribution in [0.4, 0.5) is 5.69 Å². The Balaban J connectivity index is 2.47. The number of hydrogen-bond acceptors (Lipinski definition) is 2. The van der Waals surface area contributed by atoms with E-state index in [0.717, 1.165) is 17.7 Å². The van der Waals surface area contributed by atoms with E-state index in [1.807, 2.05) is 6.07 Å². The fraction of sp³-hybridized carbons (Fsp3) is 0.455. The molecule has 0 saturated carbocycles. The van der Waals surface area contributed by atoms with Gasteiger partial charge in [0.25, 0.3) is 0 Å². The van der Waals surface area contributed by atoms with E-state index in [2.05, 4.69) is 89.9 Å². The lowest BCUT2D eigenvalue weighted by molar-refractivity contribution is 0.422. The molecule has 0 spiro atoms. The molecule has 0 fully saturated rings. The van der Waals surface area contributed by atoms with Crippen LogP contribution in [-0.4, -0.2) is 12.2 Å². The lowest BCUT2D eigenvalue weighted by Gasteiger charge is -2.29. The maximum absolute atomic E-state index is 10.8. The molecule has 0 heterocycles. The maximum Gasteiger partial charge on any atom is 0.123 e. The van der Waals surface area contributed by atoms with Crippen molar-refractivity contribution in [1.29, 1.82) is 0 Å². The molecule has 2 aromatic rings. The zero-order valence-electron chi connectivity index (χ0n) is 16.1. The molecule has 2 heteroatoms. The highest BCUT2D eigenvalue weighted by molar-refractivity contribution is 5.52. The molecular weight excluding hydrogens is 294 g/mol. The first-order chi connectivity index (χ1) is 11.0. The predicted octanol–water partition coefficient (Wildman–Crippen LogP) is 5.62. The second-order valence-corrected chi connectivity index (χ2v) is 8.73. The predicted molar refractivity (Wildman–Crippen MR) is 104 cm³/mol. The van der Waals surface area contributed by atoms with Crippen LogP contribution in [0.1, 0.15) is 58.2 Å². The number of nitrogens with zero attached hydrogens (tertiary/aromatic N) is 1. The zero-order valence-corrected chi connectivity index (χ0v) is 16.1. The first-order valence-corrected chi connectivity index (χ1v) is 8.63. The van der Waals surface area contributed by atoms with Crippen molar-refractivity contribution < 1.29 is 5.11 Å².